The molecule has 1 aromatic rings. The van der Waals surface area contributed by atoms with Crippen LogP contribution in [0.15, 0.2) is 24.3 Å². The van der Waals surface area contributed by atoms with Crippen molar-refractivity contribution >= 4 is 5.91 Å². The summed E-state index contributed by atoms with van der Waals surface area (Å²) >= 11 is 0. The van der Waals surface area contributed by atoms with Gasteiger partial charge in [0, 0.05) is 12.6 Å². The fraction of sp³-hybridized carbons (Fsp3) is 0.611. The van der Waals surface area contributed by atoms with Gasteiger partial charge in [0.15, 0.2) is 0 Å². The van der Waals surface area contributed by atoms with Gasteiger partial charge < -0.3 is 10.6 Å². The molecule has 0 saturated carbocycles. The lowest BCUT2D eigenvalue weighted by atomic mass is 10.0. The minimum atomic E-state index is -0.0809. The molecular weight excluding hydrogens is 274 g/mol. The van der Waals surface area contributed by atoms with E-state index in [9.17, 15) is 4.79 Å². The van der Waals surface area contributed by atoms with Gasteiger partial charge in [0.05, 0.1) is 12.1 Å². The van der Waals surface area contributed by atoms with Gasteiger partial charge in [-0.25, -0.2) is 0 Å². The van der Waals surface area contributed by atoms with Gasteiger partial charge in [-0.1, -0.05) is 24.3 Å². The molecule has 4 nitrogen and oxygen atoms in total. The average Bonchev–Trinajstić information content (AvgIpc) is 2.54. The Morgan fingerprint density at radius 1 is 1.32 bits per heavy atom. The second-order valence-corrected chi connectivity index (χ2v) is 6.39. The lowest BCUT2D eigenvalue weighted by Crippen LogP contribution is -2.53. The van der Waals surface area contributed by atoms with Crippen molar-refractivity contribution < 1.29 is 4.79 Å². The molecule has 0 radical (unpaired) electrons. The highest BCUT2D eigenvalue weighted by Gasteiger charge is 2.27. The summed E-state index contributed by atoms with van der Waals surface area (Å²) in [6.07, 6.45) is 2.34. The number of hydrogen-bond acceptors (Lipinski definition) is 3. The van der Waals surface area contributed by atoms with Crippen molar-refractivity contribution in [2.24, 2.45) is 0 Å². The number of aryl methyl sites for hydroxylation is 1. The maximum Gasteiger partial charge on any atom is 0.237 e. The van der Waals surface area contributed by atoms with Crippen molar-refractivity contribution in [3.63, 3.8) is 0 Å². The Morgan fingerprint density at radius 3 is 2.73 bits per heavy atom. The third-order valence-corrected chi connectivity index (χ3v) is 4.80. The predicted molar refractivity (Wildman–Crippen MR) is 90.9 cm³/mol. The van der Waals surface area contributed by atoms with E-state index in [1.54, 1.807) is 0 Å². The average molecular weight is 303 g/mol. The van der Waals surface area contributed by atoms with Crippen LogP contribution in [-0.2, 0) is 4.79 Å². The van der Waals surface area contributed by atoms with Crippen molar-refractivity contribution in [2.45, 2.75) is 51.7 Å². The first-order valence-corrected chi connectivity index (χ1v) is 8.30. The van der Waals surface area contributed by atoms with E-state index in [-0.39, 0.29) is 18.0 Å². The summed E-state index contributed by atoms with van der Waals surface area (Å²) in [5, 5.41) is 6.49. The van der Waals surface area contributed by atoms with Crippen LogP contribution in [0, 0.1) is 6.92 Å². The summed E-state index contributed by atoms with van der Waals surface area (Å²) in [6.45, 7) is 8.11. The number of carbonyl (C=O) groups is 1. The molecule has 1 saturated heterocycles. The smallest absolute Gasteiger partial charge is 0.237 e. The summed E-state index contributed by atoms with van der Waals surface area (Å²) in [5.74, 6) is 0.118. The van der Waals surface area contributed by atoms with Gasteiger partial charge in [-0.15, -0.1) is 0 Å². The van der Waals surface area contributed by atoms with Crippen LogP contribution in [0.2, 0.25) is 0 Å². The Hall–Kier alpha value is -1.39. The molecule has 3 atom stereocenters. The summed E-state index contributed by atoms with van der Waals surface area (Å²) in [5.41, 5.74) is 2.41. The summed E-state index contributed by atoms with van der Waals surface area (Å²) in [7, 11) is 2.00. The molecule has 0 bridgehead atoms. The number of hydrogen-bond donors (Lipinski definition) is 2. The molecule has 4 heteroatoms. The number of piperidine rings is 1. The third-order valence-electron chi connectivity index (χ3n) is 4.80. The van der Waals surface area contributed by atoms with E-state index in [0.29, 0.717) is 6.04 Å². The number of likely N-dealkylation sites (tertiary alicyclic amines) is 1. The van der Waals surface area contributed by atoms with Gasteiger partial charge in [0.25, 0.3) is 0 Å². The largest absolute Gasteiger partial charge is 0.348 e. The van der Waals surface area contributed by atoms with Gasteiger partial charge in [-0.05, 0) is 58.3 Å². The number of rotatable bonds is 5. The highest BCUT2D eigenvalue weighted by atomic mass is 16.2. The first-order chi connectivity index (χ1) is 10.5. The molecule has 122 valence electrons. The van der Waals surface area contributed by atoms with Crippen molar-refractivity contribution in [1.82, 2.24) is 15.5 Å². The predicted octanol–water partition coefficient (Wildman–Crippen LogP) is 2.24. The number of carbonyl (C=O) groups excluding carboxylic acids is 1. The molecule has 22 heavy (non-hydrogen) atoms. The molecule has 1 heterocycles. The SMILES string of the molecule is CNC1CCCN(C(C)C(=O)NC(C)c2ccccc2C)C1. The van der Waals surface area contributed by atoms with E-state index in [4.69, 9.17) is 0 Å². The van der Waals surface area contributed by atoms with Crippen molar-refractivity contribution in [3.05, 3.63) is 35.4 Å². The van der Waals surface area contributed by atoms with E-state index in [0.717, 1.165) is 19.5 Å². The van der Waals surface area contributed by atoms with Crippen LogP contribution in [-0.4, -0.2) is 43.0 Å². The summed E-state index contributed by atoms with van der Waals surface area (Å²) in [6, 6.07) is 8.69. The Bertz CT molecular complexity index is 503. The molecule has 1 aliphatic rings. The summed E-state index contributed by atoms with van der Waals surface area (Å²) in [4.78, 5) is 14.8. The molecule has 3 unspecified atom stereocenters. The minimum absolute atomic E-state index is 0.0426. The second kappa shape index (κ2) is 7.75. The van der Waals surface area contributed by atoms with E-state index in [2.05, 4.69) is 41.5 Å². The van der Waals surface area contributed by atoms with Crippen LogP contribution < -0.4 is 10.6 Å². The Labute approximate surface area is 134 Å². The molecule has 1 amide bonds. The van der Waals surface area contributed by atoms with E-state index >= 15 is 0 Å². The Kier molecular flexibility index (Phi) is 5.98. The van der Waals surface area contributed by atoms with E-state index in [1.165, 1.54) is 17.5 Å². The lowest BCUT2D eigenvalue weighted by Gasteiger charge is -2.36. The number of benzene rings is 1. The zero-order valence-corrected chi connectivity index (χ0v) is 14.2. The quantitative estimate of drug-likeness (QED) is 0.877. The second-order valence-electron chi connectivity index (χ2n) is 6.39. The van der Waals surface area contributed by atoms with Crippen molar-refractivity contribution in [1.29, 1.82) is 0 Å². The van der Waals surface area contributed by atoms with E-state index < -0.39 is 0 Å². The molecule has 0 spiro atoms. The molecule has 2 rings (SSSR count). The molecule has 1 fully saturated rings. The fourth-order valence-electron chi connectivity index (χ4n) is 3.24. The molecule has 1 aliphatic heterocycles. The van der Waals surface area contributed by atoms with Gasteiger partial charge in [-0.3, -0.25) is 9.69 Å². The van der Waals surface area contributed by atoms with Gasteiger partial charge >= 0.3 is 0 Å². The van der Waals surface area contributed by atoms with Crippen LogP contribution in [0.3, 0.4) is 0 Å². The van der Waals surface area contributed by atoms with Crippen LogP contribution in [0.5, 0.6) is 0 Å². The molecule has 0 aromatic heterocycles. The van der Waals surface area contributed by atoms with Crippen molar-refractivity contribution in [3.8, 4) is 0 Å². The highest BCUT2D eigenvalue weighted by molar-refractivity contribution is 5.81. The van der Waals surface area contributed by atoms with Crippen LogP contribution >= 0.6 is 0 Å². The zero-order valence-electron chi connectivity index (χ0n) is 14.2. The fourth-order valence-corrected chi connectivity index (χ4v) is 3.24. The van der Waals surface area contributed by atoms with E-state index in [1.807, 2.05) is 26.1 Å². The lowest BCUT2D eigenvalue weighted by molar-refractivity contribution is -0.127. The van der Waals surface area contributed by atoms with Crippen molar-refractivity contribution in [2.75, 3.05) is 20.1 Å². The maximum atomic E-state index is 12.6. The zero-order chi connectivity index (χ0) is 16.1. The Balaban J connectivity index is 1.95. The third kappa shape index (κ3) is 4.08. The molecule has 0 aliphatic carbocycles. The topological polar surface area (TPSA) is 44.4 Å². The standard InChI is InChI=1S/C18H29N3O/c1-13-8-5-6-10-17(13)14(2)20-18(22)15(3)21-11-7-9-16(12-21)19-4/h5-6,8,10,14-16,19H,7,9,11-12H2,1-4H3,(H,20,22). The van der Waals surface area contributed by atoms with Crippen LogP contribution in [0.4, 0.5) is 0 Å². The van der Waals surface area contributed by atoms with Gasteiger partial charge in [-0.2, -0.15) is 0 Å². The van der Waals surface area contributed by atoms with Crippen LogP contribution in [0.1, 0.15) is 43.9 Å². The van der Waals surface area contributed by atoms with Gasteiger partial charge in [0.1, 0.15) is 0 Å². The molecular formula is C18H29N3O. The monoisotopic (exact) mass is 303 g/mol. The normalized spacial score (nSPS) is 22.1. The first kappa shape index (κ1) is 17.0. The number of nitrogens with zero attached hydrogens (tertiary/aromatic N) is 1. The minimum Gasteiger partial charge on any atom is -0.348 e. The molecule has 1 aromatic carbocycles. The Morgan fingerprint density at radius 2 is 2.05 bits per heavy atom. The number of amides is 1. The maximum absolute atomic E-state index is 12.6. The highest BCUT2D eigenvalue weighted by Crippen LogP contribution is 2.18. The molecule has 2 N–H and O–H groups in total. The van der Waals surface area contributed by atoms with Gasteiger partial charge in [0.2, 0.25) is 5.91 Å². The number of nitrogens with one attached hydrogen (secondary N) is 2. The van der Waals surface area contributed by atoms with Crippen LogP contribution in [0.25, 0.3) is 0 Å². The summed E-state index contributed by atoms with van der Waals surface area (Å²) < 4.78 is 0. The number of likely N-dealkylation sites (N-methyl/N-ethyl adjacent to an activating group) is 1. The first-order valence-electron chi connectivity index (χ1n) is 8.30.